The van der Waals surface area contributed by atoms with Gasteiger partial charge in [-0.25, -0.2) is 0 Å². The summed E-state index contributed by atoms with van der Waals surface area (Å²) in [6.45, 7) is -0.0135. The van der Waals surface area contributed by atoms with Gasteiger partial charge in [0.15, 0.2) is 11.5 Å². The maximum atomic E-state index is 9.30. The lowest BCUT2D eigenvalue weighted by Crippen LogP contribution is -2.11. The lowest BCUT2D eigenvalue weighted by molar-refractivity contribution is 0.276. The number of phenolic OH excluding ortho intramolecular Hbond substituents is 2. The van der Waals surface area contributed by atoms with Gasteiger partial charge in [-0.3, -0.25) is 0 Å². The zero-order valence-corrected chi connectivity index (χ0v) is 9.03. The molecule has 1 aromatic rings. The topological polar surface area (TPSA) is 86.7 Å². The number of benzene rings is 1. The second-order valence-electron chi connectivity index (χ2n) is 2.99. The molecule has 14 heavy (non-hydrogen) atoms. The first-order chi connectivity index (χ1) is 6.56. The Bertz CT molecular complexity index is 307. The Kier molecular flexibility index (Phi) is 3.74. The summed E-state index contributed by atoms with van der Waals surface area (Å²) >= 11 is 3.09. The highest BCUT2D eigenvalue weighted by Crippen LogP contribution is 2.36. The number of aliphatic hydroxyl groups excluding tert-OH is 1. The molecular weight excluding hydrogens is 250 g/mol. The third kappa shape index (κ3) is 2.37. The summed E-state index contributed by atoms with van der Waals surface area (Å²) in [5, 5.41) is 27.2. The van der Waals surface area contributed by atoms with Gasteiger partial charge in [-0.05, 0) is 40.0 Å². The van der Waals surface area contributed by atoms with Gasteiger partial charge >= 0.3 is 0 Å². The summed E-state index contributed by atoms with van der Waals surface area (Å²) in [6.07, 6.45) is 0.413. The lowest BCUT2D eigenvalue weighted by atomic mass is 10.0. The molecule has 1 atom stereocenters. The van der Waals surface area contributed by atoms with Gasteiger partial charge in [0.2, 0.25) is 0 Å². The second-order valence-corrected chi connectivity index (χ2v) is 3.84. The van der Waals surface area contributed by atoms with Crippen LogP contribution in [0.3, 0.4) is 0 Å². The molecule has 0 saturated heterocycles. The Labute approximate surface area is 90.1 Å². The van der Waals surface area contributed by atoms with Gasteiger partial charge in [-0.2, -0.15) is 0 Å². The maximum Gasteiger partial charge on any atom is 0.171 e. The monoisotopic (exact) mass is 261 g/mol. The molecule has 0 amide bonds. The van der Waals surface area contributed by atoms with Crippen LogP contribution in [0.15, 0.2) is 16.6 Å². The van der Waals surface area contributed by atoms with Crippen LogP contribution in [0.1, 0.15) is 18.0 Å². The molecular formula is C9H12BrNO3. The third-order valence-corrected chi connectivity index (χ3v) is 2.54. The first-order valence-corrected chi connectivity index (χ1v) is 4.93. The van der Waals surface area contributed by atoms with Gasteiger partial charge in [0.1, 0.15) is 0 Å². The molecule has 4 nitrogen and oxygen atoms in total. The van der Waals surface area contributed by atoms with E-state index in [0.717, 1.165) is 0 Å². The Hall–Kier alpha value is -0.780. The highest BCUT2D eigenvalue weighted by molar-refractivity contribution is 9.10. The molecule has 0 spiro atoms. The maximum absolute atomic E-state index is 9.30. The van der Waals surface area contributed by atoms with Crippen LogP contribution in [0, 0.1) is 0 Å². The molecule has 1 aromatic carbocycles. The minimum Gasteiger partial charge on any atom is -0.504 e. The van der Waals surface area contributed by atoms with E-state index >= 15 is 0 Å². The van der Waals surface area contributed by atoms with Crippen LogP contribution in [0.2, 0.25) is 0 Å². The van der Waals surface area contributed by atoms with Gasteiger partial charge in [0, 0.05) is 12.6 Å². The van der Waals surface area contributed by atoms with Crippen molar-refractivity contribution in [3.05, 3.63) is 22.2 Å². The fourth-order valence-corrected chi connectivity index (χ4v) is 1.59. The minimum absolute atomic E-state index is 0.0135. The van der Waals surface area contributed by atoms with Crippen molar-refractivity contribution in [2.24, 2.45) is 5.73 Å². The molecule has 1 unspecified atom stereocenters. The number of halogens is 1. The van der Waals surface area contributed by atoms with Gasteiger partial charge in [-0.1, -0.05) is 0 Å². The van der Waals surface area contributed by atoms with E-state index in [9.17, 15) is 10.2 Å². The number of aromatic hydroxyl groups is 2. The number of nitrogens with two attached hydrogens (primary N) is 1. The Morgan fingerprint density at radius 3 is 2.50 bits per heavy atom. The van der Waals surface area contributed by atoms with Crippen LogP contribution in [-0.2, 0) is 0 Å². The Morgan fingerprint density at radius 1 is 1.36 bits per heavy atom. The minimum atomic E-state index is -0.345. The third-order valence-electron chi connectivity index (χ3n) is 1.93. The van der Waals surface area contributed by atoms with E-state index < -0.39 is 0 Å². The second kappa shape index (κ2) is 4.63. The zero-order valence-electron chi connectivity index (χ0n) is 7.44. The van der Waals surface area contributed by atoms with Gasteiger partial charge in [-0.15, -0.1) is 0 Å². The summed E-state index contributed by atoms with van der Waals surface area (Å²) in [4.78, 5) is 0. The van der Waals surface area contributed by atoms with Crippen molar-refractivity contribution < 1.29 is 15.3 Å². The standard InChI is InChI=1S/C9H12BrNO3/c10-6-3-5(7(11)1-2-12)4-8(13)9(6)14/h3-4,7,12-14H,1-2,11H2. The molecule has 0 bridgehead atoms. The fourth-order valence-electron chi connectivity index (χ4n) is 1.12. The van der Waals surface area contributed by atoms with Crippen molar-refractivity contribution in [3.63, 3.8) is 0 Å². The van der Waals surface area contributed by atoms with Crippen molar-refractivity contribution in [2.45, 2.75) is 12.5 Å². The molecule has 1 rings (SSSR count). The van der Waals surface area contributed by atoms with Crippen LogP contribution >= 0.6 is 15.9 Å². The summed E-state index contributed by atoms with van der Waals surface area (Å²) in [7, 11) is 0. The van der Waals surface area contributed by atoms with E-state index in [2.05, 4.69) is 15.9 Å². The first-order valence-electron chi connectivity index (χ1n) is 4.14. The molecule has 0 aliphatic heterocycles. The van der Waals surface area contributed by atoms with E-state index in [4.69, 9.17) is 10.8 Å². The van der Waals surface area contributed by atoms with E-state index in [1.54, 1.807) is 6.07 Å². The Balaban J connectivity index is 3.00. The van der Waals surface area contributed by atoms with E-state index in [1.807, 2.05) is 0 Å². The average molecular weight is 262 g/mol. The smallest absolute Gasteiger partial charge is 0.171 e. The van der Waals surface area contributed by atoms with Crippen molar-refractivity contribution in [2.75, 3.05) is 6.61 Å². The summed E-state index contributed by atoms with van der Waals surface area (Å²) < 4.78 is 0.390. The van der Waals surface area contributed by atoms with E-state index in [-0.39, 0.29) is 24.1 Å². The number of hydrogen-bond donors (Lipinski definition) is 4. The van der Waals surface area contributed by atoms with Crippen LogP contribution in [0.5, 0.6) is 11.5 Å². The lowest BCUT2D eigenvalue weighted by Gasteiger charge is -2.12. The normalized spacial score (nSPS) is 12.8. The predicted molar refractivity (Wildman–Crippen MR) is 56.1 cm³/mol. The van der Waals surface area contributed by atoms with Crippen molar-refractivity contribution in [1.29, 1.82) is 0 Å². The summed E-state index contributed by atoms with van der Waals surface area (Å²) in [5.74, 6) is -0.423. The SMILES string of the molecule is NC(CCO)c1cc(O)c(O)c(Br)c1. The molecule has 0 heterocycles. The number of aliphatic hydroxyl groups is 1. The van der Waals surface area contributed by atoms with Crippen LogP contribution < -0.4 is 5.73 Å². The number of phenols is 2. The molecule has 0 aliphatic carbocycles. The summed E-state index contributed by atoms with van der Waals surface area (Å²) in [6, 6.07) is 2.67. The highest BCUT2D eigenvalue weighted by atomic mass is 79.9. The largest absolute Gasteiger partial charge is 0.504 e. The average Bonchev–Trinajstić information content (AvgIpc) is 2.13. The molecule has 0 saturated carbocycles. The van der Waals surface area contributed by atoms with Crippen molar-refractivity contribution in [1.82, 2.24) is 0 Å². The van der Waals surface area contributed by atoms with E-state index in [0.29, 0.717) is 16.5 Å². The van der Waals surface area contributed by atoms with Crippen molar-refractivity contribution >= 4 is 15.9 Å². The molecule has 0 aliphatic rings. The highest BCUT2D eigenvalue weighted by Gasteiger charge is 2.11. The molecule has 0 aromatic heterocycles. The van der Waals surface area contributed by atoms with Crippen LogP contribution in [0.25, 0.3) is 0 Å². The van der Waals surface area contributed by atoms with E-state index in [1.165, 1.54) is 6.07 Å². The number of hydrogen-bond acceptors (Lipinski definition) is 4. The number of rotatable bonds is 3. The molecule has 5 N–H and O–H groups in total. The molecule has 0 radical (unpaired) electrons. The first kappa shape index (κ1) is 11.3. The van der Waals surface area contributed by atoms with Crippen LogP contribution in [-0.4, -0.2) is 21.9 Å². The van der Waals surface area contributed by atoms with Gasteiger partial charge in [0.25, 0.3) is 0 Å². The zero-order chi connectivity index (χ0) is 10.7. The van der Waals surface area contributed by atoms with Gasteiger partial charge in [0.05, 0.1) is 4.47 Å². The van der Waals surface area contributed by atoms with Crippen LogP contribution in [0.4, 0.5) is 0 Å². The molecule has 0 fully saturated rings. The predicted octanol–water partition coefficient (Wildman–Crippen LogP) is 1.24. The summed E-state index contributed by atoms with van der Waals surface area (Å²) in [5.41, 5.74) is 6.39. The quantitative estimate of drug-likeness (QED) is 0.617. The van der Waals surface area contributed by atoms with Gasteiger partial charge < -0.3 is 21.1 Å². The molecule has 5 heteroatoms. The van der Waals surface area contributed by atoms with Crippen molar-refractivity contribution in [3.8, 4) is 11.5 Å². The Morgan fingerprint density at radius 2 is 2.00 bits per heavy atom. The molecule has 78 valence electrons. The fraction of sp³-hybridized carbons (Fsp3) is 0.333.